The van der Waals surface area contributed by atoms with Crippen LogP contribution in [0.1, 0.15) is 12.8 Å². The van der Waals surface area contributed by atoms with E-state index < -0.39 is 33.1 Å². The molecule has 3 aromatic carbocycles. The van der Waals surface area contributed by atoms with Crippen LogP contribution in [0.25, 0.3) is 0 Å². The standard InChI is InChI=1S/C22H25O7PS2/c23-31(24,25)19-11-10-18-30(29-32(26,27)28,20-12-4-1-5-13-20,21-14-6-2-7-15-21)22-16-8-3-9-17-22/h1-9,12-17H,10-11,18-19H2,(H,23,24,25)(H,26,27,28). The van der Waals surface area contributed by atoms with E-state index in [0.29, 0.717) is 15.9 Å². The Morgan fingerprint density at radius 2 is 1.00 bits per heavy atom. The van der Waals surface area contributed by atoms with Crippen molar-refractivity contribution in [1.82, 2.24) is 0 Å². The molecule has 0 spiro atoms. The van der Waals surface area contributed by atoms with Gasteiger partial charge in [-0.3, -0.25) is 0 Å². The monoisotopic (exact) mass is 496 g/mol. The second kappa shape index (κ2) is 9.39. The van der Waals surface area contributed by atoms with Gasteiger partial charge >= 0.3 is 189 Å². The van der Waals surface area contributed by atoms with Crippen LogP contribution in [-0.2, 0) is 24.5 Å². The first-order valence-electron chi connectivity index (χ1n) is 9.89. The van der Waals surface area contributed by atoms with Crippen molar-refractivity contribution in [1.29, 1.82) is 0 Å². The van der Waals surface area contributed by atoms with E-state index in [-0.39, 0.29) is 19.0 Å². The third kappa shape index (κ3) is 5.09. The van der Waals surface area contributed by atoms with Crippen LogP contribution in [0.5, 0.6) is 0 Å². The van der Waals surface area contributed by atoms with Gasteiger partial charge in [0.05, 0.1) is 0 Å². The first kappa shape index (κ1) is 24.5. The van der Waals surface area contributed by atoms with Crippen molar-refractivity contribution in [2.45, 2.75) is 12.8 Å². The fraction of sp³-hybridized carbons (Fsp3) is 0.182. The second-order valence-electron chi connectivity index (χ2n) is 7.44. The molecule has 0 heterocycles. The minimum absolute atomic E-state index is 0.0814. The summed E-state index contributed by atoms with van der Waals surface area (Å²) in [5.41, 5.74) is 0. The van der Waals surface area contributed by atoms with Crippen molar-refractivity contribution in [2.24, 2.45) is 0 Å². The quantitative estimate of drug-likeness (QED) is 0.252. The van der Waals surface area contributed by atoms with E-state index in [9.17, 15) is 21.4 Å². The SMILES string of the molecule is O=S(=O)(O)CCCCP(OS(=O)(=O)O)(c1ccccc1)(c1ccccc1)c1ccccc1. The molecule has 0 aromatic heterocycles. The molecule has 10 heteroatoms. The van der Waals surface area contributed by atoms with Gasteiger partial charge in [0, 0.05) is 0 Å². The van der Waals surface area contributed by atoms with Crippen LogP contribution < -0.4 is 15.9 Å². The van der Waals surface area contributed by atoms with E-state index in [0.717, 1.165) is 0 Å². The number of benzene rings is 3. The molecule has 0 saturated carbocycles. The van der Waals surface area contributed by atoms with Crippen molar-refractivity contribution in [2.75, 3.05) is 11.9 Å². The van der Waals surface area contributed by atoms with Crippen molar-refractivity contribution in [3.63, 3.8) is 0 Å². The predicted molar refractivity (Wildman–Crippen MR) is 128 cm³/mol. The predicted octanol–water partition coefficient (Wildman–Crippen LogP) is 2.92. The van der Waals surface area contributed by atoms with Gasteiger partial charge in [0.1, 0.15) is 0 Å². The van der Waals surface area contributed by atoms with Crippen LogP contribution in [0.2, 0.25) is 0 Å². The van der Waals surface area contributed by atoms with E-state index in [1.165, 1.54) is 0 Å². The summed E-state index contributed by atoms with van der Waals surface area (Å²) < 4.78 is 72.4. The van der Waals surface area contributed by atoms with Crippen LogP contribution in [0, 0.1) is 0 Å². The summed E-state index contributed by atoms with van der Waals surface area (Å²) in [5.74, 6) is -0.469. The van der Waals surface area contributed by atoms with Crippen LogP contribution in [0.4, 0.5) is 0 Å². The molecule has 3 aromatic rings. The summed E-state index contributed by atoms with van der Waals surface area (Å²) in [6, 6.07) is 26.4. The van der Waals surface area contributed by atoms with Gasteiger partial charge in [-0.1, -0.05) is 0 Å². The number of unbranched alkanes of at least 4 members (excludes halogenated alkanes) is 1. The third-order valence-corrected chi connectivity index (χ3v) is 13.6. The molecule has 0 aliphatic carbocycles. The van der Waals surface area contributed by atoms with Crippen LogP contribution in [0.15, 0.2) is 91.0 Å². The Morgan fingerprint density at radius 1 is 0.625 bits per heavy atom. The van der Waals surface area contributed by atoms with E-state index in [1.54, 1.807) is 91.0 Å². The Bertz CT molecular complexity index is 1150. The Labute approximate surface area is 188 Å². The molecule has 0 aliphatic rings. The summed E-state index contributed by atoms with van der Waals surface area (Å²) in [6.07, 6.45) is 0.392. The molecule has 0 atom stereocenters. The van der Waals surface area contributed by atoms with E-state index in [1.807, 2.05) is 0 Å². The molecular weight excluding hydrogens is 471 g/mol. The summed E-state index contributed by atoms with van der Waals surface area (Å²) in [7, 11) is -9.14. The van der Waals surface area contributed by atoms with E-state index >= 15 is 0 Å². The molecule has 0 radical (unpaired) electrons. The fourth-order valence-corrected chi connectivity index (χ4v) is 12.6. The molecule has 172 valence electrons. The first-order chi connectivity index (χ1) is 15.1. The average molecular weight is 497 g/mol. The first-order valence-corrected chi connectivity index (χ1v) is 15.2. The van der Waals surface area contributed by atoms with Crippen LogP contribution in [0.3, 0.4) is 0 Å². The third-order valence-electron chi connectivity index (χ3n) is 5.40. The number of hydrogen-bond donors (Lipinski definition) is 2. The molecule has 7 nitrogen and oxygen atoms in total. The van der Waals surface area contributed by atoms with Gasteiger partial charge in [-0.25, -0.2) is 0 Å². The Hall–Kier alpha value is -2.13. The maximum absolute atomic E-state index is 12.4. The topological polar surface area (TPSA) is 118 Å². The van der Waals surface area contributed by atoms with Gasteiger partial charge in [-0.2, -0.15) is 0 Å². The zero-order chi connectivity index (χ0) is 23.3. The summed E-state index contributed by atoms with van der Waals surface area (Å²) >= 11 is 0. The molecule has 0 saturated heterocycles. The molecule has 2 N–H and O–H groups in total. The summed E-state index contributed by atoms with van der Waals surface area (Å²) in [4.78, 5) is 0. The molecule has 32 heavy (non-hydrogen) atoms. The minimum atomic E-state index is -4.96. The Kier molecular flexibility index (Phi) is 7.19. The van der Waals surface area contributed by atoms with Gasteiger partial charge in [-0.05, 0) is 0 Å². The summed E-state index contributed by atoms with van der Waals surface area (Å²) in [5, 5.41) is 1.71. The van der Waals surface area contributed by atoms with Gasteiger partial charge in [0.2, 0.25) is 0 Å². The molecule has 0 bridgehead atoms. The van der Waals surface area contributed by atoms with Crippen molar-refractivity contribution >= 4 is 43.3 Å². The van der Waals surface area contributed by atoms with Crippen molar-refractivity contribution in [3.8, 4) is 0 Å². The second-order valence-corrected chi connectivity index (χ2v) is 14.9. The number of hydrogen-bond acceptors (Lipinski definition) is 5. The molecule has 0 aliphatic heterocycles. The normalized spacial score (nSPS) is 13.9. The maximum atomic E-state index is 12.4. The van der Waals surface area contributed by atoms with Crippen LogP contribution in [-0.4, -0.2) is 37.9 Å². The van der Waals surface area contributed by atoms with Gasteiger partial charge in [0.25, 0.3) is 0 Å². The number of rotatable bonds is 10. The zero-order valence-corrected chi connectivity index (χ0v) is 19.7. The molecular formula is C22H25O7PS2. The molecule has 0 unspecified atom stereocenters. The summed E-state index contributed by atoms with van der Waals surface area (Å²) in [6.45, 7) is -4.34. The Morgan fingerprint density at radius 3 is 1.31 bits per heavy atom. The fourth-order valence-electron chi connectivity index (χ4n) is 4.14. The average Bonchev–Trinajstić information content (AvgIpc) is 2.76. The van der Waals surface area contributed by atoms with Gasteiger partial charge in [0.15, 0.2) is 0 Å². The van der Waals surface area contributed by atoms with Gasteiger partial charge < -0.3 is 0 Å². The molecule has 0 amide bonds. The Balaban J connectivity index is 2.39. The van der Waals surface area contributed by atoms with E-state index in [4.69, 9.17) is 8.52 Å². The van der Waals surface area contributed by atoms with E-state index in [2.05, 4.69) is 0 Å². The molecule has 0 fully saturated rings. The van der Waals surface area contributed by atoms with Crippen molar-refractivity contribution < 1.29 is 29.9 Å². The van der Waals surface area contributed by atoms with Crippen molar-refractivity contribution in [3.05, 3.63) is 91.0 Å². The van der Waals surface area contributed by atoms with Gasteiger partial charge in [-0.15, -0.1) is 0 Å². The zero-order valence-electron chi connectivity index (χ0n) is 17.2. The van der Waals surface area contributed by atoms with Crippen LogP contribution >= 0.6 is 6.83 Å². The molecule has 3 rings (SSSR count).